The molecule has 2 nitrogen and oxygen atoms in total. The Hall–Kier alpha value is -2.09. The maximum Gasteiger partial charge on any atom is 0.140 e. The highest BCUT2D eigenvalue weighted by Crippen LogP contribution is 2.09. The predicted molar refractivity (Wildman–Crippen MR) is 71.7 cm³/mol. The number of ether oxygens (including phenoxy) is 1. The maximum absolute atomic E-state index is 11.7. The smallest absolute Gasteiger partial charge is 0.140 e. The molecule has 2 heteroatoms. The van der Waals surface area contributed by atoms with Crippen LogP contribution in [-0.2, 0) is 11.2 Å². The van der Waals surface area contributed by atoms with Crippen LogP contribution in [0, 0.1) is 0 Å². The van der Waals surface area contributed by atoms with E-state index in [4.69, 9.17) is 4.74 Å². The summed E-state index contributed by atoms with van der Waals surface area (Å²) in [6.45, 7) is 0.440. The monoisotopic (exact) mass is 240 g/mol. The molecule has 0 aliphatic rings. The average molecular weight is 240 g/mol. The molecule has 0 bridgehead atoms. The normalized spacial score (nSPS) is 10.0. The molecule has 0 aromatic heterocycles. The number of Topliss-reactive ketones (excluding diaryl/α,β-unsaturated/α-hetero) is 1. The van der Waals surface area contributed by atoms with E-state index < -0.39 is 0 Å². The first-order valence-electron chi connectivity index (χ1n) is 6.08. The maximum atomic E-state index is 11.7. The molecule has 0 heterocycles. The van der Waals surface area contributed by atoms with Gasteiger partial charge in [0, 0.05) is 12.8 Å². The quantitative estimate of drug-likeness (QED) is 0.774. The van der Waals surface area contributed by atoms with Crippen LogP contribution in [0.4, 0.5) is 0 Å². The Labute approximate surface area is 107 Å². The van der Waals surface area contributed by atoms with Crippen molar-refractivity contribution in [3.8, 4) is 5.75 Å². The molecule has 0 spiro atoms. The van der Waals surface area contributed by atoms with Gasteiger partial charge in [-0.25, -0.2) is 0 Å². The van der Waals surface area contributed by atoms with Gasteiger partial charge in [-0.2, -0.15) is 0 Å². The molecular formula is C16H16O2. The molecule has 0 aliphatic carbocycles. The van der Waals surface area contributed by atoms with Crippen LogP contribution in [0.1, 0.15) is 12.0 Å². The summed E-state index contributed by atoms with van der Waals surface area (Å²) in [5, 5.41) is 0. The van der Waals surface area contributed by atoms with Crippen LogP contribution in [0.15, 0.2) is 60.7 Å². The number of hydrogen-bond acceptors (Lipinski definition) is 2. The second-order valence-corrected chi connectivity index (χ2v) is 4.11. The molecule has 0 radical (unpaired) electrons. The van der Waals surface area contributed by atoms with E-state index in [9.17, 15) is 4.79 Å². The second-order valence-electron chi connectivity index (χ2n) is 4.11. The van der Waals surface area contributed by atoms with Gasteiger partial charge in [-0.15, -0.1) is 0 Å². The third-order valence-electron chi connectivity index (χ3n) is 2.64. The van der Waals surface area contributed by atoms with Gasteiger partial charge in [-0.1, -0.05) is 48.5 Å². The van der Waals surface area contributed by atoms with Gasteiger partial charge in [0.2, 0.25) is 0 Å². The highest BCUT2D eigenvalue weighted by molar-refractivity contribution is 5.80. The van der Waals surface area contributed by atoms with E-state index in [0.717, 1.165) is 11.3 Å². The fourth-order valence-electron chi connectivity index (χ4n) is 1.71. The fraction of sp³-hybridized carbons (Fsp3) is 0.188. The summed E-state index contributed by atoms with van der Waals surface area (Å²) in [4.78, 5) is 11.7. The third kappa shape index (κ3) is 4.06. The SMILES string of the molecule is O=C(CCOc1ccccc1)Cc1ccccc1. The number of carbonyl (C=O) groups is 1. The first kappa shape index (κ1) is 12.4. The van der Waals surface area contributed by atoms with Crippen molar-refractivity contribution in [3.05, 3.63) is 66.2 Å². The Kier molecular flexibility index (Phi) is 4.53. The minimum atomic E-state index is 0.206. The molecule has 0 N–H and O–H groups in total. The summed E-state index contributed by atoms with van der Waals surface area (Å²) in [5.74, 6) is 1.02. The van der Waals surface area contributed by atoms with Crippen molar-refractivity contribution < 1.29 is 9.53 Å². The fourth-order valence-corrected chi connectivity index (χ4v) is 1.71. The van der Waals surface area contributed by atoms with E-state index in [0.29, 0.717) is 19.4 Å². The Morgan fingerprint density at radius 3 is 2.17 bits per heavy atom. The van der Waals surface area contributed by atoms with Crippen molar-refractivity contribution in [2.75, 3.05) is 6.61 Å². The van der Waals surface area contributed by atoms with Crippen molar-refractivity contribution in [2.24, 2.45) is 0 Å². The highest BCUT2D eigenvalue weighted by atomic mass is 16.5. The van der Waals surface area contributed by atoms with Crippen molar-refractivity contribution >= 4 is 5.78 Å². The molecule has 92 valence electrons. The van der Waals surface area contributed by atoms with E-state index >= 15 is 0 Å². The van der Waals surface area contributed by atoms with Crippen LogP contribution in [-0.4, -0.2) is 12.4 Å². The summed E-state index contributed by atoms with van der Waals surface area (Å²) in [7, 11) is 0. The van der Waals surface area contributed by atoms with E-state index in [1.165, 1.54) is 0 Å². The van der Waals surface area contributed by atoms with E-state index in [2.05, 4.69) is 0 Å². The molecule has 2 rings (SSSR count). The van der Waals surface area contributed by atoms with Gasteiger partial charge >= 0.3 is 0 Å². The Balaban J connectivity index is 1.73. The molecule has 0 fully saturated rings. The van der Waals surface area contributed by atoms with Gasteiger partial charge < -0.3 is 4.74 Å². The summed E-state index contributed by atoms with van der Waals surface area (Å²) in [5.41, 5.74) is 1.06. The topological polar surface area (TPSA) is 26.3 Å². The minimum absolute atomic E-state index is 0.206. The van der Waals surface area contributed by atoms with Crippen molar-refractivity contribution in [1.82, 2.24) is 0 Å². The lowest BCUT2D eigenvalue weighted by Gasteiger charge is -2.05. The predicted octanol–water partition coefficient (Wildman–Crippen LogP) is 3.27. The molecular weight excluding hydrogens is 224 g/mol. The lowest BCUT2D eigenvalue weighted by molar-refractivity contribution is -0.118. The van der Waals surface area contributed by atoms with E-state index in [-0.39, 0.29) is 5.78 Å². The summed E-state index contributed by atoms with van der Waals surface area (Å²) < 4.78 is 5.49. The Morgan fingerprint density at radius 1 is 0.889 bits per heavy atom. The van der Waals surface area contributed by atoms with Gasteiger partial charge in [0.15, 0.2) is 0 Å². The van der Waals surface area contributed by atoms with Crippen LogP contribution in [0.2, 0.25) is 0 Å². The first-order chi connectivity index (χ1) is 8.84. The van der Waals surface area contributed by atoms with Gasteiger partial charge in [0.05, 0.1) is 6.61 Å². The zero-order valence-electron chi connectivity index (χ0n) is 10.2. The summed E-state index contributed by atoms with van der Waals surface area (Å²) in [6.07, 6.45) is 0.933. The number of ketones is 1. The molecule has 0 atom stereocenters. The van der Waals surface area contributed by atoms with Crippen LogP contribution < -0.4 is 4.74 Å². The largest absolute Gasteiger partial charge is 0.493 e. The van der Waals surface area contributed by atoms with Gasteiger partial charge in [0.1, 0.15) is 11.5 Å². The second kappa shape index (κ2) is 6.60. The molecule has 0 unspecified atom stereocenters. The van der Waals surface area contributed by atoms with Crippen molar-refractivity contribution in [2.45, 2.75) is 12.8 Å². The molecule has 18 heavy (non-hydrogen) atoms. The number of benzene rings is 2. The van der Waals surface area contributed by atoms with E-state index in [1.54, 1.807) is 0 Å². The van der Waals surface area contributed by atoms with Gasteiger partial charge in [-0.3, -0.25) is 4.79 Å². The molecule has 0 amide bonds. The van der Waals surface area contributed by atoms with Gasteiger partial charge in [-0.05, 0) is 17.7 Å². The minimum Gasteiger partial charge on any atom is -0.493 e. The zero-order valence-corrected chi connectivity index (χ0v) is 10.2. The molecule has 0 aliphatic heterocycles. The van der Waals surface area contributed by atoms with Crippen molar-refractivity contribution in [3.63, 3.8) is 0 Å². The Morgan fingerprint density at radius 2 is 1.50 bits per heavy atom. The molecule has 0 saturated heterocycles. The molecule has 2 aromatic rings. The van der Waals surface area contributed by atoms with Crippen LogP contribution in [0.3, 0.4) is 0 Å². The highest BCUT2D eigenvalue weighted by Gasteiger charge is 2.03. The van der Waals surface area contributed by atoms with Crippen molar-refractivity contribution in [1.29, 1.82) is 0 Å². The van der Waals surface area contributed by atoms with Crippen LogP contribution in [0.25, 0.3) is 0 Å². The standard InChI is InChI=1S/C16H16O2/c17-15(13-14-7-3-1-4-8-14)11-12-18-16-9-5-2-6-10-16/h1-10H,11-13H2. The average Bonchev–Trinajstić information content (AvgIpc) is 2.41. The zero-order chi connectivity index (χ0) is 12.6. The first-order valence-corrected chi connectivity index (χ1v) is 6.08. The lowest BCUT2D eigenvalue weighted by atomic mass is 10.1. The molecule has 2 aromatic carbocycles. The molecule has 0 saturated carbocycles. The summed E-state index contributed by atoms with van der Waals surface area (Å²) >= 11 is 0. The van der Waals surface area contributed by atoms with Crippen LogP contribution in [0.5, 0.6) is 5.75 Å². The number of para-hydroxylation sites is 1. The number of carbonyl (C=O) groups excluding carboxylic acids is 1. The Bertz CT molecular complexity index is 477. The number of hydrogen-bond donors (Lipinski definition) is 0. The third-order valence-corrected chi connectivity index (χ3v) is 2.64. The van der Waals surface area contributed by atoms with Crippen LogP contribution >= 0.6 is 0 Å². The van der Waals surface area contributed by atoms with E-state index in [1.807, 2.05) is 60.7 Å². The van der Waals surface area contributed by atoms with Gasteiger partial charge in [0.25, 0.3) is 0 Å². The summed E-state index contributed by atoms with van der Waals surface area (Å²) in [6, 6.07) is 19.3. The number of rotatable bonds is 6. The lowest BCUT2D eigenvalue weighted by Crippen LogP contribution is -2.08.